The van der Waals surface area contributed by atoms with Crippen molar-refractivity contribution >= 4 is 68.8 Å². The molecule has 4 aromatic rings. The van der Waals surface area contributed by atoms with E-state index < -0.39 is 107 Å². The third-order valence-corrected chi connectivity index (χ3v) is 11.7. The number of para-hydroxylation sites is 1. The van der Waals surface area contributed by atoms with E-state index in [0.29, 0.717) is 43.2 Å². The maximum Gasteiger partial charge on any atom is 0.446 e. The molecule has 1 heterocycles. The fraction of sp³-hybridized carbons (Fsp3) is 0.451. The summed E-state index contributed by atoms with van der Waals surface area (Å²) in [6.45, 7) is 8.10. The largest absolute Gasteiger partial charge is 0.481 e. The van der Waals surface area contributed by atoms with Crippen LogP contribution in [0.4, 0.5) is 4.79 Å². The van der Waals surface area contributed by atoms with E-state index in [1.165, 1.54) is 24.3 Å². The normalized spacial score (nSPS) is 13.4. The number of hydrogen-bond donors (Lipinski definition) is 10. The summed E-state index contributed by atoms with van der Waals surface area (Å²) in [4.78, 5) is 111. The molecule has 10 N–H and O–H groups in total. The van der Waals surface area contributed by atoms with Gasteiger partial charge in [0.1, 0.15) is 41.6 Å². The van der Waals surface area contributed by atoms with Crippen LogP contribution in [-0.4, -0.2) is 119 Å². The van der Waals surface area contributed by atoms with Crippen LogP contribution in [-0.2, 0) is 68.0 Å². The van der Waals surface area contributed by atoms with Crippen molar-refractivity contribution < 1.29 is 65.4 Å². The van der Waals surface area contributed by atoms with E-state index in [9.17, 15) is 51.9 Å². The van der Waals surface area contributed by atoms with Crippen LogP contribution < -0.4 is 41.4 Å². The van der Waals surface area contributed by atoms with Gasteiger partial charge in [-0.2, -0.15) is 8.42 Å². The standard InChI is InChI=1S/C51H68N8O14S/c1-6-8-18-38(56-48(66)40(59-50(68)72-51(3,4)5)27-33-21-23-35(24-22-33)73-74(69,70)71)45(63)54-31-43(60)55-41(28-34-30-53-37-20-14-13-17-36(34)37)49(67)57-39(19-9-7-2)47(65)58-42(29-44(61)62)46(64)52-26-25-32-15-11-10-12-16-32/h10-17,20-24,30,38-42,53H,6-9,18-19,25-29,31H2,1-5H3,(H,52,64)(H,54,63)(H,55,60)(H,56,66)(H,57,67)(H,58,65)(H,59,68)(H,61,62)(H,69,70,71)/t38-,39-,40-,41-,42-/m0/s1. The zero-order valence-electron chi connectivity index (χ0n) is 42.2. The lowest BCUT2D eigenvalue weighted by molar-refractivity contribution is -0.141. The molecule has 0 fully saturated rings. The van der Waals surface area contributed by atoms with Crippen LogP contribution in [0.25, 0.3) is 10.9 Å². The van der Waals surface area contributed by atoms with Crippen molar-refractivity contribution in [3.63, 3.8) is 0 Å². The first-order valence-electron chi connectivity index (χ1n) is 24.4. The molecular formula is C51H68N8O14S. The number of nitrogens with one attached hydrogen (secondary N) is 8. The second kappa shape index (κ2) is 28.6. The fourth-order valence-electron chi connectivity index (χ4n) is 7.62. The lowest BCUT2D eigenvalue weighted by Gasteiger charge is -2.26. The summed E-state index contributed by atoms with van der Waals surface area (Å²) in [6.07, 6.45) is 2.55. The number of aromatic amines is 1. The van der Waals surface area contributed by atoms with Crippen molar-refractivity contribution in [1.29, 1.82) is 0 Å². The maximum atomic E-state index is 14.3. The van der Waals surface area contributed by atoms with Gasteiger partial charge in [0, 0.05) is 36.5 Å². The number of benzene rings is 3. The van der Waals surface area contributed by atoms with Gasteiger partial charge in [0.2, 0.25) is 35.4 Å². The van der Waals surface area contributed by atoms with Crippen LogP contribution in [0.3, 0.4) is 0 Å². The Morgan fingerprint density at radius 2 is 1.19 bits per heavy atom. The summed E-state index contributed by atoms with van der Waals surface area (Å²) in [5, 5.41) is 28.6. The van der Waals surface area contributed by atoms with Crippen molar-refractivity contribution in [3.05, 3.63) is 102 Å². The molecule has 7 amide bonds. The monoisotopic (exact) mass is 1050 g/mol. The predicted molar refractivity (Wildman–Crippen MR) is 273 cm³/mol. The number of H-pyrrole nitrogens is 1. The average molecular weight is 1050 g/mol. The molecule has 0 saturated carbocycles. The second-order valence-electron chi connectivity index (χ2n) is 18.6. The Labute approximate surface area is 430 Å². The summed E-state index contributed by atoms with van der Waals surface area (Å²) < 4.78 is 41.2. The molecule has 0 spiro atoms. The fourth-order valence-corrected chi connectivity index (χ4v) is 7.97. The van der Waals surface area contributed by atoms with Crippen molar-refractivity contribution in [3.8, 4) is 5.75 Å². The minimum Gasteiger partial charge on any atom is -0.481 e. The molecule has 3 aromatic carbocycles. The summed E-state index contributed by atoms with van der Waals surface area (Å²) in [5.74, 6) is -6.26. The summed E-state index contributed by atoms with van der Waals surface area (Å²) in [6, 6.07) is 15.2. The Balaban J connectivity index is 1.51. The van der Waals surface area contributed by atoms with Gasteiger partial charge in [0.25, 0.3) is 0 Å². The first kappa shape index (κ1) is 59.0. The number of carboxylic acids is 1. The lowest BCUT2D eigenvalue weighted by Crippen LogP contribution is -2.58. The molecule has 0 unspecified atom stereocenters. The van der Waals surface area contributed by atoms with Crippen LogP contribution in [0.1, 0.15) is 96.3 Å². The molecule has 402 valence electrons. The van der Waals surface area contributed by atoms with Crippen LogP contribution >= 0.6 is 0 Å². The highest BCUT2D eigenvalue weighted by atomic mass is 32.3. The number of aromatic nitrogens is 1. The highest BCUT2D eigenvalue weighted by Crippen LogP contribution is 2.20. The van der Waals surface area contributed by atoms with Crippen LogP contribution in [0, 0.1) is 0 Å². The third kappa shape index (κ3) is 20.9. The van der Waals surface area contributed by atoms with E-state index in [1.54, 1.807) is 33.0 Å². The number of unbranched alkanes of at least 4 members (excludes halogenated alkanes) is 2. The van der Waals surface area contributed by atoms with Crippen LogP contribution in [0.2, 0.25) is 0 Å². The van der Waals surface area contributed by atoms with Gasteiger partial charge in [-0.1, -0.05) is 100 Å². The number of carbonyl (C=O) groups excluding carboxylic acids is 7. The van der Waals surface area contributed by atoms with Crippen molar-refractivity contribution in [1.82, 2.24) is 42.2 Å². The Morgan fingerprint density at radius 3 is 1.78 bits per heavy atom. The molecule has 1 aromatic heterocycles. The summed E-state index contributed by atoms with van der Waals surface area (Å²) >= 11 is 0. The Morgan fingerprint density at radius 1 is 0.635 bits per heavy atom. The number of carboxylic acid groups (broad SMARTS) is 1. The first-order chi connectivity index (χ1) is 35.0. The highest BCUT2D eigenvalue weighted by molar-refractivity contribution is 7.81. The van der Waals surface area contributed by atoms with E-state index in [4.69, 9.17) is 9.29 Å². The quantitative estimate of drug-likeness (QED) is 0.0349. The molecule has 23 heteroatoms. The van der Waals surface area contributed by atoms with Gasteiger partial charge in [0.05, 0.1) is 13.0 Å². The number of carbonyl (C=O) groups is 8. The molecule has 0 aliphatic heterocycles. The Kier molecular flexibility index (Phi) is 22.9. The molecule has 0 bridgehead atoms. The second-order valence-corrected chi connectivity index (χ2v) is 19.6. The first-order valence-corrected chi connectivity index (χ1v) is 25.7. The number of amides is 7. The van der Waals surface area contributed by atoms with Crippen LogP contribution in [0.5, 0.6) is 5.75 Å². The van der Waals surface area contributed by atoms with Crippen molar-refractivity contribution in [2.75, 3.05) is 13.1 Å². The molecule has 0 aliphatic rings. The van der Waals surface area contributed by atoms with Gasteiger partial charge in [-0.25, -0.2) is 4.79 Å². The molecular weight excluding hydrogens is 981 g/mol. The lowest BCUT2D eigenvalue weighted by atomic mass is 10.0. The number of hydrogen-bond acceptors (Lipinski definition) is 12. The molecule has 0 radical (unpaired) electrons. The van der Waals surface area contributed by atoms with E-state index in [2.05, 4.69) is 46.4 Å². The van der Waals surface area contributed by atoms with Crippen LogP contribution in [0.15, 0.2) is 85.1 Å². The van der Waals surface area contributed by atoms with Crippen molar-refractivity contribution in [2.24, 2.45) is 0 Å². The minimum absolute atomic E-state index is 0.0827. The molecule has 0 saturated heterocycles. The SMILES string of the molecule is CCCC[C@H](NC(=O)[C@H](Cc1ccc(OS(=O)(=O)O)cc1)NC(=O)OC(C)(C)C)C(=O)NCC(=O)N[C@@H](Cc1c[nH]c2ccccc12)C(=O)N[C@@H](CCCC)C(=O)N[C@@H](CC(=O)O)C(=O)NCCc1ccccc1. The summed E-state index contributed by atoms with van der Waals surface area (Å²) in [7, 11) is -4.81. The van der Waals surface area contributed by atoms with E-state index in [-0.39, 0.29) is 38.0 Å². The van der Waals surface area contributed by atoms with Gasteiger partial charge in [-0.3, -0.25) is 38.1 Å². The molecule has 22 nitrogen and oxygen atoms in total. The Hall–Kier alpha value is -7.53. The molecule has 4 rings (SSSR count). The number of alkyl carbamates (subject to hydrolysis) is 1. The number of ether oxygens (including phenoxy) is 1. The van der Waals surface area contributed by atoms with Crippen molar-refractivity contribution in [2.45, 2.75) is 135 Å². The van der Waals surface area contributed by atoms with E-state index in [0.717, 1.165) is 16.5 Å². The topological polar surface area (TPSA) is 330 Å². The Bertz CT molecular complexity index is 2660. The molecule has 74 heavy (non-hydrogen) atoms. The highest BCUT2D eigenvalue weighted by Gasteiger charge is 2.33. The average Bonchev–Trinajstić information content (AvgIpc) is 3.74. The maximum absolute atomic E-state index is 14.3. The van der Waals surface area contributed by atoms with Gasteiger partial charge in [0.15, 0.2) is 0 Å². The predicted octanol–water partition coefficient (Wildman–Crippen LogP) is 3.30. The smallest absolute Gasteiger partial charge is 0.446 e. The van der Waals surface area contributed by atoms with Gasteiger partial charge in [-0.15, -0.1) is 0 Å². The summed E-state index contributed by atoms with van der Waals surface area (Å²) in [5.41, 5.74) is 1.79. The van der Waals surface area contributed by atoms with Gasteiger partial charge >= 0.3 is 22.5 Å². The van der Waals surface area contributed by atoms with E-state index in [1.807, 2.05) is 62.4 Å². The third-order valence-electron chi connectivity index (χ3n) is 11.3. The number of aliphatic carboxylic acids is 1. The number of fused-ring (bicyclic) bond motifs is 1. The van der Waals surface area contributed by atoms with E-state index >= 15 is 0 Å². The minimum atomic E-state index is -4.81. The molecule has 5 atom stereocenters. The van der Waals surface area contributed by atoms with Gasteiger partial charge < -0.3 is 56.2 Å². The molecule has 0 aliphatic carbocycles. The zero-order chi connectivity index (χ0) is 54.4. The zero-order valence-corrected chi connectivity index (χ0v) is 43.0. The number of rotatable bonds is 29. The van der Waals surface area contributed by atoms with Gasteiger partial charge in [-0.05, 0) is 74.9 Å².